The van der Waals surface area contributed by atoms with Crippen LogP contribution in [0.5, 0.6) is 0 Å². The van der Waals surface area contributed by atoms with Crippen molar-refractivity contribution in [2.45, 2.75) is 43.5 Å². The summed E-state index contributed by atoms with van der Waals surface area (Å²) in [5.74, 6) is 0. The first kappa shape index (κ1) is 34.0. The van der Waals surface area contributed by atoms with Gasteiger partial charge in [-0.15, -0.1) is 11.3 Å². The van der Waals surface area contributed by atoms with Crippen molar-refractivity contribution in [2.75, 3.05) is 11.2 Å². The maximum absolute atomic E-state index is 15.2. The minimum Gasteiger partial charge on any atom is -0.320 e. The normalized spacial score (nSPS) is 14.3. The van der Waals surface area contributed by atoms with Gasteiger partial charge >= 0.3 is 13.3 Å². The minimum absolute atomic E-state index is 0.0723. The van der Waals surface area contributed by atoms with Gasteiger partial charge in [0.05, 0.1) is 33.3 Å². The molecule has 2 atom stereocenters. The lowest BCUT2D eigenvalue weighted by Crippen LogP contribution is -2.20. The monoisotopic (exact) mass is 752 g/mol. The van der Waals surface area contributed by atoms with E-state index in [4.69, 9.17) is 32.7 Å². The molecular weight excluding hydrogens is 728 g/mol. The molecule has 0 aliphatic carbocycles. The molecule has 230 valence electrons. The number of aromatic nitrogens is 1. The van der Waals surface area contributed by atoms with Crippen LogP contribution in [0.15, 0.2) is 75.4 Å². The second-order valence-corrected chi connectivity index (χ2v) is 16.0. The van der Waals surface area contributed by atoms with Gasteiger partial charge in [0.15, 0.2) is 15.0 Å². The lowest BCUT2D eigenvalue weighted by Gasteiger charge is -2.26. The molecule has 1 N–H and O–H groups in total. The van der Waals surface area contributed by atoms with E-state index in [1.807, 2.05) is 10.3 Å². The number of alkyl halides is 2. The predicted octanol–water partition coefficient (Wildman–Crippen LogP) is 9.67. The topological polar surface area (TPSA) is 96.8 Å². The van der Waals surface area contributed by atoms with Crippen LogP contribution in [0.3, 0.4) is 0 Å². The van der Waals surface area contributed by atoms with Crippen molar-refractivity contribution in [2.24, 2.45) is 0 Å². The Morgan fingerprint density at radius 3 is 2.37 bits per heavy atom. The second-order valence-electron chi connectivity index (χ2n) is 9.70. The summed E-state index contributed by atoms with van der Waals surface area (Å²) in [6.45, 7) is 3.26. The van der Waals surface area contributed by atoms with Gasteiger partial charge in [-0.25, -0.2) is 13.4 Å². The van der Waals surface area contributed by atoms with Crippen molar-refractivity contribution in [1.82, 2.24) is 4.98 Å². The fourth-order valence-electron chi connectivity index (χ4n) is 3.94. The van der Waals surface area contributed by atoms with Gasteiger partial charge < -0.3 is 14.3 Å². The first-order valence-corrected chi connectivity index (χ1v) is 18.6. The molecule has 15 heteroatoms. The van der Waals surface area contributed by atoms with Gasteiger partial charge in [-0.1, -0.05) is 70.3 Å². The van der Waals surface area contributed by atoms with Crippen molar-refractivity contribution in [1.29, 1.82) is 0 Å². The van der Waals surface area contributed by atoms with Crippen LogP contribution in [0.2, 0.25) is 10.0 Å². The van der Waals surface area contributed by atoms with Gasteiger partial charge in [-0.05, 0) is 55.3 Å². The van der Waals surface area contributed by atoms with Gasteiger partial charge in [-0.2, -0.15) is 8.78 Å². The van der Waals surface area contributed by atoms with Crippen molar-refractivity contribution in [3.05, 3.63) is 91.7 Å². The van der Waals surface area contributed by atoms with Crippen molar-refractivity contribution in [3.63, 3.8) is 0 Å². The van der Waals surface area contributed by atoms with Crippen molar-refractivity contribution in [3.8, 4) is 11.3 Å². The lowest BCUT2D eigenvalue weighted by atomic mass is 10.1. The second kappa shape index (κ2) is 13.2. The molecule has 0 aliphatic rings. The van der Waals surface area contributed by atoms with Crippen LogP contribution in [-0.2, 0) is 31.1 Å². The number of hydrogen-bond acceptors (Lipinski definition) is 7. The molecule has 0 saturated heterocycles. The molecule has 0 aliphatic heterocycles. The molecule has 4 rings (SSSR count). The highest BCUT2D eigenvalue weighted by molar-refractivity contribution is 9.10. The number of halogens is 5. The molecule has 1 aromatic heterocycles. The molecule has 4 aromatic rings. The summed E-state index contributed by atoms with van der Waals surface area (Å²) in [5.41, 5.74) is -2.35. The summed E-state index contributed by atoms with van der Waals surface area (Å²) < 4.78 is 71.4. The molecule has 1 heterocycles. The third-order valence-electron chi connectivity index (χ3n) is 6.47. The molecule has 0 spiro atoms. The zero-order valence-electron chi connectivity index (χ0n) is 23.0. The van der Waals surface area contributed by atoms with E-state index in [9.17, 15) is 17.9 Å². The zero-order chi connectivity index (χ0) is 31.7. The molecule has 7 nitrogen and oxygen atoms in total. The number of thiazole rings is 1. The smallest absolute Gasteiger partial charge is 0.320 e. The third-order valence-corrected chi connectivity index (χ3v) is 11.5. The number of sulfone groups is 1. The van der Waals surface area contributed by atoms with Crippen molar-refractivity contribution >= 4 is 78.7 Å². The van der Waals surface area contributed by atoms with Gasteiger partial charge in [0.1, 0.15) is 0 Å². The first-order valence-electron chi connectivity index (χ1n) is 12.7. The van der Waals surface area contributed by atoms with Crippen LogP contribution < -0.4 is 4.90 Å². The van der Waals surface area contributed by atoms with E-state index in [-0.39, 0.29) is 22.3 Å². The number of rotatable bonds is 11. The predicted molar refractivity (Wildman–Crippen MR) is 172 cm³/mol. The first-order chi connectivity index (χ1) is 20.0. The average molecular weight is 754 g/mol. The van der Waals surface area contributed by atoms with Crippen LogP contribution in [0, 0.1) is 0 Å². The quantitative estimate of drug-likeness (QED) is 0.152. The number of hydrogen-bond donors (Lipinski definition) is 1. The minimum atomic E-state index is -5.35. The molecule has 0 bridgehead atoms. The summed E-state index contributed by atoms with van der Waals surface area (Å²) in [5, 5.41) is 2.99. The highest BCUT2D eigenvalue weighted by atomic mass is 79.9. The Balaban J connectivity index is 1.69. The van der Waals surface area contributed by atoms with Crippen LogP contribution in [0.25, 0.3) is 11.3 Å². The Morgan fingerprint density at radius 1 is 1.12 bits per heavy atom. The number of benzene rings is 3. The standard InChI is InChI=1S/C28H26BrCl2F2N2O5PS2/c1-4-17(2)40-41(36,37)28(32,33)22-11-5-18(13-23(22)29)15-35(20-8-12-24(30)25(31)14-20)27-34-26(16-42-27)19-6-9-21(10-7-19)43(3,38)39/h5-14,16-17H,4,15H2,1-3H3,(H,36,37). The van der Waals surface area contributed by atoms with Crippen LogP contribution in [-0.4, -0.2) is 30.7 Å². The summed E-state index contributed by atoms with van der Waals surface area (Å²) in [6.07, 6.45) is 0.587. The third kappa shape index (κ3) is 7.68. The van der Waals surface area contributed by atoms with Crippen molar-refractivity contribution < 1.29 is 31.2 Å². The Labute approximate surface area is 271 Å². The zero-order valence-corrected chi connectivity index (χ0v) is 28.6. The number of anilines is 2. The molecular formula is C28H26BrCl2F2N2O5PS2. The molecule has 0 radical (unpaired) electrons. The summed E-state index contributed by atoms with van der Waals surface area (Å²) in [4.78, 5) is 16.9. The van der Waals surface area contributed by atoms with Gasteiger partial charge in [0, 0.05) is 32.9 Å². The molecule has 0 fully saturated rings. The fourth-order valence-corrected chi connectivity index (χ4v) is 7.81. The molecule has 0 saturated carbocycles. The van der Waals surface area contributed by atoms with Gasteiger partial charge in [0.25, 0.3) is 0 Å². The molecule has 0 amide bonds. The fraction of sp³-hybridized carbons (Fsp3) is 0.250. The lowest BCUT2D eigenvalue weighted by molar-refractivity contribution is 0.0341. The van der Waals surface area contributed by atoms with E-state index >= 15 is 8.78 Å². The Morgan fingerprint density at radius 2 is 1.79 bits per heavy atom. The largest absolute Gasteiger partial charge is 0.402 e. The maximum Gasteiger partial charge on any atom is 0.402 e. The molecule has 43 heavy (non-hydrogen) atoms. The van der Waals surface area contributed by atoms with Gasteiger partial charge in [-0.3, -0.25) is 4.57 Å². The summed E-state index contributed by atoms with van der Waals surface area (Å²) in [7, 11) is -8.70. The Hall–Kier alpha value is -1.89. The maximum atomic E-state index is 15.2. The summed E-state index contributed by atoms with van der Waals surface area (Å²) >= 11 is 16.9. The highest BCUT2D eigenvalue weighted by Gasteiger charge is 2.54. The number of nitrogens with zero attached hydrogens (tertiary/aromatic N) is 2. The van der Waals surface area contributed by atoms with E-state index < -0.39 is 34.8 Å². The van der Waals surface area contributed by atoms with E-state index in [1.165, 1.54) is 42.5 Å². The SMILES string of the molecule is CCC(C)OP(=O)(O)C(F)(F)c1ccc(CN(c2ccc(Cl)c(Cl)c2)c2nc(-c3ccc(S(C)(=O)=O)cc3)cs2)cc1Br. The highest BCUT2D eigenvalue weighted by Crippen LogP contribution is 2.64. The molecule has 2 unspecified atom stereocenters. The van der Waals surface area contributed by atoms with Crippen LogP contribution in [0.1, 0.15) is 31.4 Å². The van der Waals surface area contributed by atoms with E-state index in [1.54, 1.807) is 37.3 Å². The van der Waals surface area contributed by atoms with E-state index in [2.05, 4.69) is 15.9 Å². The van der Waals surface area contributed by atoms with Crippen LogP contribution >= 0.6 is 58.1 Å². The van der Waals surface area contributed by atoms with E-state index in [0.29, 0.717) is 37.7 Å². The average Bonchev–Trinajstić information content (AvgIpc) is 3.42. The Bertz CT molecular complexity index is 1790. The Kier molecular flexibility index (Phi) is 10.5. The molecule has 3 aromatic carbocycles. The summed E-state index contributed by atoms with van der Waals surface area (Å²) in [6, 6.07) is 15.3. The van der Waals surface area contributed by atoms with Gasteiger partial charge in [0.2, 0.25) is 0 Å². The van der Waals surface area contributed by atoms with E-state index in [0.717, 1.165) is 12.3 Å². The van der Waals surface area contributed by atoms with Crippen LogP contribution in [0.4, 0.5) is 19.6 Å².